The Morgan fingerprint density at radius 1 is 1.27 bits per heavy atom. The van der Waals surface area contributed by atoms with Crippen LogP contribution in [0.15, 0.2) is 42.0 Å². The molecular weight excluding hydrogens is 188 g/mol. The van der Waals surface area contributed by atoms with E-state index < -0.39 is 0 Å². The third kappa shape index (κ3) is 3.81. The van der Waals surface area contributed by atoms with Crippen LogP contribution in [0, 0.1) is 0 Å². The fourth-order valence-corrected chi connectivity index (χ4v) is 1.20. The van der Waals surface area contributed by atoms with E-state index in [0.717, 1.165) is 23.2 Å². The van der Waals surface area contributed by atoms with Gasteiger partial charge in [0.25, 0.3) is 0 Å². The number of ether oxygens (including phenoxy) is 1. The Labute approximate surface area is 89.9 Å². The van der Waals surface area contributed by atoms with Gasteiger partial charge in [0.15, 0.2) is 0 Å². The summed E-state index contributed by atoms with van der Waals surface area (Å²) < 4.78 is 5.06. The van der Waals surface area contributed by atoms with Crippen LogP contribution in [0.5, 0.6) is 5.75 Å². The summed E-state index contributed by atoms with van der Waals surface area (Å²) in [7, 11) is 1.64. The van der Waals surface area contributed by atoms with E-state index in [4.69, 9.17) is 4.74 Å². The fourth-order valence-electron chi connectivity index (χ4n) is 1.20. The maximum absolute atomic E-state index is 10.1. The molecule has 0 spiro atoms. The van der Waals surface area contributed by atoms with Gasteiger partial charge < -0.3 is 4.74 Å². The van der Waals surface area contributed by atoms with Gasteiger partial charge in [-0.05, 0) is 30.7 Å². The van der Waals surface area contributed by atoms with Crippen molar-refractivity contribution in [2.24, 2.45) is 0 Å². The average molecular weight is 202 g/mol. The first-order valence-electron chi connectivity index (χ1n) is 4.70. The standard InChI is InChI=1S/C13H14O2/c1-11(4-3-9-14)10-12-5-7-13(15-2)8-6-12/h3-10H,1-2H3/b4-3+,11-10-. The Balaban J connectivity index is 2.79. The second kappa shape index (κ2) is 5.81. The largest absolute Gasteiger partial charge is 0.497 e. The summed E-state index contributed by atoms with van der Waals surface area (Å²) in [4.78, 5) is 10.1. The molecule has 1 aromatic rings. The molecule has 2 nitrogen and oxygen atoms in total. The van der Waals surface area contributed by atoms with E-state index in [1.165, 1.54) is 6.08 Å². The molecule has 0 heterocycles. The lowest BCUT2D eigenvalue weighted by atomic mass is 10.1. The van der Waals surface area contributed by atoms with Crippen LogP contribution in [-0.2, 0) is 4.79 Å². The SMILES string of the molecule is COc1ccc(/C=C(C)\C=C\C=O)cc1. The molecule has 0 fully saturated rings. The number of aldehydes is 1. The van der Waals surface area contributed by atoms with Crippen LogP contribution in [-0.4, -0.2) is 13.4 Å². The minimum atomic E-state index is 0.769. The van der Waals surface area contributed by atoms with Crippen molar-refractivity contribution >= 4 is 12.4 Å². The lowest BCUT2D eigenvalue weighted by Gasteiger charge is -1.99. The molecule has 0 aliphatic heterocycles. The number of methoxy groups -OCH3 is 1. The van der Waals surface area contributed by atoms with Crippen LogP contribution in [0.2, 0.25) is 0 Å². The maximum Gasteiger partial charge on any atom is 0.142 e. The second-order valence-corrected chi connectivity index (χ2v) is 3.16. The molecule has 0 aliphatic carbocycles. The molecule has 1 rings (SSSR count). The van der Waals surface area contributed by atoms with Crippen molar-refractivity contribution in [2.75, 3.05) is 7.11 Å². The number of rotatable bonds is 4. The molecule has 0 radical (unpaired) electrons. The van der Waals surface area contributed by atoms with Crippen LogP contribution in [0.4, 0.5) is 0 Å². The molecule has 0 aromatic heterocycles. The third-order valence-corrected chi connectivity index (χ3v) is 1.95. The Hall–Kier alpha value is -1.83. The highest BCUT2D eigenvalue weighted by Crippen LogP contribution is 2.14. The minimum Gasteiger partial charge on any atom is -0.497 e. The molecule has 0 saturated heterocycles. The fraction of sp³-hybridized carbons (Fsp3) is 0.154. The first kappa shape index (κ1) is 11.2. The van der Waals surface area contributed by atoms with Crippen LogP contribution in [0.3, 0.4) is 0 Å². The lowest BCUT2D eigenvalue weighted by molar-refractivity contribution is -0.104. The molecule has 15 heavy (non-hydrogen) atoms. The van der Waals surface area contributed by atoms with Crippen molar-refractivity contribution < 1.29 is 9.53 Å². The highest BCUT2D eigenvalue weighted by Gasteiger charge is 1.90. The number of carbonyl (C=O) groups is 1. The van der Waals surface area contributed by atoms with Gasteiger partial charge in [-0.1, -0.05) is 29.9 Å². The molecule has 0 saturated carbocycles. The molecule has 2 heteroatoms. The van der Waals surface area contributed by atoms with E-state index in [0.29, 0.717) is 0 Å². The van der Waals surface area contributed by atoms with E-state index in [1.807, 2.05) is 37.3 Å². The quantitative estimate of drug-likeness (QED) is 0.426. The topological polar surface area (TPSA) is 26.3 Å². The normalized spacial score (nSPS) is 11.7. The monoisotopic (exact) mass is 202 g/mol. The van der Waals surface area contributed by atoms with Gasteiger partial charge >= 0.3 is 0 Å². The predicted molar refractivity (Wildman–Crippen MR) is 61.8 cm³/mol. The van der Waals surface area contributed by atoms with Gasteiger partial charge in [0.1, 0.15) is 12.0 Å². The van der Waals surface area contributed by atoms with Gasteiger partial charge in [-0.15, -0.1) is 0 Å². The predicted octanol–water partition coefficient (Wildman–Crippen LogP) is 2.85. The summed E-state index contributed by atoms with van der Waals surface area (Å²) in [5.74, 6) is 0.841. The smallest absolute Gasteiger partial charge is 0.142 e. The summed E-state index contributed by atoms with van der Waals surface area (Å²) in [6.45, 7) is 1.95. The van der Waals surface area contributed by atoms with Crippen molar-refractivity contribution in [1.29, 1.82) is 0 Å². The maximum atomic E-state index is 10.1. The van der Waals surface area contributed by atoms with Gasteiger partial charge in [0.2, 0.25) is 0 Å². The average Bonchev–Trinajstić information content (AvgIpc) is 2.27. The molecule has 0 unspecified atom stereocenters. The van der Waals surface area contributed by atoms with E-state index >= 15 is 0 Å². The van der Waals surface area contributed by atoms with Crippen LogP contribution < -0.4 is 4.74 Å². The van der Waals surface area contributed by atoms with Gasteiger partial charge in [0.05, 0.1) is 7.11 Å². The van der Waals surface area contributed by atoms with Gasteiger partial charge in [0, 0.05) is 0 Å². The summed E-state index contributed by atoms with van der Waals surface area (Å²) in [6.07, 6.45) is 6.03. The summed E-state index contributed by atoms with van der Waals surface area (Å²) in [5.41, 5.74) is 2.12. The van der Waals surface area contributed by atoms with E-state index in [9.17, 15) is 4.79 Å². The zero-order chi connectivity index (χ0) is 11.1. The zero-order valence-electron chi connectivity index (χ0n) is 8.94. The lowest BCUT2D eigenvalue weighted by Crippen LogP contribution is -1.81. The molecule has 0 bridgehead atoms. The van der Waals surface area contributed by atoms with Gasteiger partial charge in [-0.3, -0.25) is 4.79 Å². The van der Waals surface area contributed by atoms with Crippen molar-refractivity contribution in [2.45, 2.75) is 6.92 Å². The molecule has 78 valence electrons. The second-order valence-electron chi connectivity index (χ2n) is 3.16. The first-order valence-corrected chi connectivity index (χ1v) is 4.70. The summed E-state index contributed by atoms with van der Waals surface area (Å²) in [6, 6.07) is 7.75. The third-order valence-electron chi connectivity index (χ3n) is 1.95. The summed E-state index contributed by atoms with van der Waals surface area (Å²) >= 11 is 0. The highest BCUT2D eigenvalue weighted by atomic mass is 16.5. The van der Waals surface area contributed by atoms with Gasteiger partial charge in [-0.2, -0.15) is 0 Å². The number of hydrogen-bond acceptors (Lipinski definition) is 2. The van der Waals surface area contributed by atoms with E-state index in [1.54, 1.807) is 13.2 Å². The molecule has 0 atom stereocenters. The van der Waals surface area contributed by atoms with Crippen molar-refractivity contribution in [1.82, 2.24) is 0 Å². The molecule has 0 aliphatic rings. The highest BCUT2D eigenvalue weighted by molar-refractivity contribution is 5.67. The van der Waals surface area contributed by atoms with E-state index in [2.05, 4.69) is 0 Å². The summed E-state index contributed by atoms with van der Waals surface area (Å²) in [5, 5.41) is 0. The Morgan fingerprint density at radius 3 is 2.47 bits per heavy atom. The molecule has 1 aromatic carbocycles. The van der Waals surface area contributed by atoms with Crippen molar-refractivity contribution in [3.05, 3.63) is 47.6 Å². The van der Waals surface area contributed by atoms with Crippen LogP contribution >= 0.6 is 0 Å². The Bertz CT molecular complexity index is 372. The van der Waals surface area contributed by atoms with Crippen molar-refractivity contribution in [3.8, 4) is 5.75 Å². The van der Waals surface area contributed by atoms with E-state index in [-0.39, 0.29) is 0 Å². The number of allylic oxidation sites excluding steroid dienone is 3. The molecule has 0 N–H and O–H groups in total. The number of benzene rings is 1. The van der Waals surface area contributed by atoms with Gasteiger partial charge in [-0.25, -0.2) is 0 Å². The number of carbonyl (C=O) groups excluding carboxylic acids is 1. The van der Waals surface area contributed by atoms with Crippen molar-refractivity contribution in [3.63, 3.8) is 0 Å². The minimum absolute atomic E-state index is 0.769. The molecule has 0 amide bonds. The Kier molecular flexibility index (Phi) is 4.35. The Morgan fingerprint density at radius 2 is 1.93 bits per heavy atom. The van der Waals surface area contributed by atoms with Crippen LogP contribution in [0.25, 0.3) is 6.08 Å². The number of hydrogen-bond donors (Lipinski definition) is 0. The first-order chi connectivity index (χ1) is 7.26. The zero-order valence-corrected chi connectivity index (χ0v) is 8.94. The van der Waals surface area contributed by atoms with Crippen LogP contribution in [0.1, 0.15) is 12.5 Å². The molecular formula is C13H14O2.